The summed E-state index contributed by atoms with van der Waals surface area (Å²) in [5.74, 6) is 0.825. The number of thiazole rings is 1. The lowest BCUT2D eigenvalue weighted by molar-refractivity contribution is -0.120. The van der Waals surface area contributed by atoms with Crippen molar-refractivity contribution in [3.05, 3.63) is 18.2 Å². The molecule has 1 aromatic carbocycles. The lowest BCUT2D eigenvalue weighted by Crippen LogP contribution is -2.37. The molecule has 1 unspecified atom stereocenters. The molecule has 1 atom stereocenters. The molecule has 7 heteroatoms. The number of rotatable bonds is 3. The second-order valence-electron chi connectivity index (χ2n) is 4.86. The lowest BCUT2D eigenvalue weighted by Gasteiger charge is -2.21. The number of halogens is 1. The molecule has 1 aliphatic heterocycles. The van der Waals surface area contributed by atoms with Gasteiger partial charge in [0.2, 0.25) is 5.91 Å². The number of nitrogens with one attached hydrogen (secondary N) is 2. The molecule has 1 aliphatic rings. The van der Waals surface area contributed by atoms with Gasteiger partial charge in [-0.15, -0.1) is 12.4 Å². The molecular formula is C14H18ClN3O2S. The number of nitrogens with zero attached hydrogens (tertiary/aromatic N) is 1. The van der Waals surface area contributed by atoms with Crippen LogP contribution in [0, 0.1) is 5.92 Å². The molecule has 2 N–H and O–H groups in total. The first-order valence-corrected chi connectivity index (χ1v) is 7.54. The van der Waals surface area contributed by atoms with Crippen molar-refractivity contribution in [1.82, 2.24) is 10.3 Å². The molecule has 0 aliphatic carbocycles. The van der Waals surface area contributed by atoms with Crippen LogP contribution in [-0.2, 0) is 4.79 Å². The molecule has 21 heavy (non-hydrogen) atoms. The summed E-state index contributed by atoms with van der Waals surface area (Å²) in [6.45, 7) is 1.75. The average molecular weight is 328 g/mol. The van der Waals surface area contributed by atoms with Gasteiger partial charge in [0.05, 0.1) is 17.7 Å². The van der Waals surface area contributed by atoms with Crippen LogP contribution in [0.4, 0.5) is 5.13 Å². The molecule has 1 saturated heterocycles. The topological polar surface area (TPSA) is 63.2 Å². The molecule has 5 nitrogen and oxygen atoms in total. The second-order valence-corrected chi connectivity index (χ2v) is 5.89. The summed E-state index contributed by atoms with van der Waals surface area (Å²) in [6, 6.07) is 5.78. The zero-order valence-corrected chi connectivity index (χ0v) is 13.4. The fourth-order valence-corrected chi connectivity index (χ4v) is 3.31. The number of benzene rings is 1. The quantitative estimate of drug-likeness (QED) is 0.909. The number of fused-ring (bicyclic) bond motifs is 1. The van der Waals surface area contributed by atoms with Crippen molar-refractivity contribution >= 4 is 45.0 Å². The van der Waals surface area contributed by atoms with E-state index < -0.39 is 0 Å². The number of methoxy groups -OCH3 is 1. The van der Waals surface area contributed by atoms with Gasteiger partial charge in [0.15, 0.2) is 5.13 Å². The summed E-state index contributed by atoms with van der Waals surface area (Å²) < 4.78 is 6.30. The van der Waals surface area contributed by atoms with Gasteiger partial charge in [-0.2, -0.15) is 0 Å². The zero-order valence-electron chi connectivity index (χ0n) is 11.7. The first-order valence-electron chi connectivity index (χ1n) is 6.73. The maximum atomic E-state index is 12.2. The number of carbonyl (C=O) groups excluding carboxylic acids is 1. The summed E-state index contributed by atoms with van der Waals surface area (Å²) in [5.41, 5.74) is 0.803. The number of amides is 1. The van der Waals surface area contributed by atoms with Gasteiger partial charge in [-0.25, -0.2) is 4.98 Å². The number of hydrogen-bond acceptors (Lipinski definition) is 5. The lowest BCUT2D eigenvalue weighted by atomic mass is 9.99. The van der Waals surface area contributed by atoms with Crippen molar-refractivity contribution < 1.29 is 9.53 Å². The third kappa shape index (κ3) is 3.45. The number of aromatic nitrogens is 1. The SMILES string of the molecule is COc1cccc2sc(NC(=O)C3CCCNC3)nc12.Cl. The van der Waals surface area contributed by atoms with Crippen LogP contribution in [0.15, 0.2) is 18.2 Å². The van der Waals surface area contributed by atoms with Crippen molar-refractivity contribution in [2.45, 2.75) is 12.8 Å². The van der Waals surface area contributed by atoms with Crippen LogP contribution in [0.5, 0.6) is 5.75 Å². The molecule has 1 aromatic heterocycles. The monoisotopic (exact) mass is 327 g/mol. The Bertz CT molecular complexity index is 626. The van der Waals surface area contributed by atoms with E-state index in [9.17, 15) is 4.79 Å². The van der Waals surface area contributed by atoms with Crippen LogP contribution in [0.1, 0.15) is 12.8 Å². The fourth-order valence-electron chi connectivity index (χ4n) is 2.42. The van der Waals surface area contributed by atoms with E-state index in [0.29, 0.717) is 5.13 Å². The van der Waals surface area contributed by atoms with Gasteiger partial charge in [-0.1, -0.05) is 17.4 Å². The summed E-state index contributed by atoms with van der Waals surface area (Å²) >= 11 is 1.48. The van der Waals surface area contributed by atoms with Gasteiger partial charge in [0.25, 0.3) is 0 Å². The van der Waals surface area contributed by atoms with E-state index in [0.717, 1.165) is 41.9 Å². The van der Waals surface area contributed by atoms with Gasteiger partial charge >= 0.3 is 0 Å². The number of anilines is 1. The van der Waals surface area contributed by atoms with E-state index in [1.807, 2.05) is 18.2 Å². The Hall–Kier alpha value is -1.37. The van der Waals surface area contributed by atoms with Crippen molar-refractivity contribution in [2.75, 3.05) is 25.5 Å². The Balaban J connectivity index is 0.00000161. The van der Waals surface area contributed by atoms with Crippen LogP contribution in [-0.4, -0.2) is 31.1 Å². The Labute approximate surface area is 133 Å². The number of piperidine rings is 1. The highest BCUT2D eigenvalue weighted by Gasteiger charge is 2.22. The van der Waals surface area contributed by atoms with Crippen LogP contribution in [0.2, 0.25) is 0 Å². The maximum Gasteiger partial charge on any atom is 0.230 e. The maximum absolute atomic E-state index is 12.2. The molecule has 0 bridgehead atoms. The van der Waals surface area contributed by atoms with E-state index in [2.05, 4.69) is 15.6 Å². The van der Waals surface area contributed by atoms with Crippen LogP contribution < -0.4 is 15.4 Å². The summed E-state index contributed by atoms with van der Waals surface area (Å²) in [4.78, 5) is 16.6. The average Bonchev–Trinajstić information content (AvgIpc) is 2.90. The Morgan fingerprint density at radius 2 is 2.38 bits per heavy atom. The number of carbonyl (C=O) groups is 1. The van der Waals surface area contributed by atoms with E-state index >= 15 is 0 Å². The smallest absolute Gasteiger partial charge is 0.230 e. The van der Waals surface area contributed by atoms with Gasteiger partial charge in [0, 0.05) is 6.54 Å². The van der Waals surface area contributed by atoms with Crippen molar-refractivity contribution in [2.24, 2.45) is 5.92 Å². The molecule has 2 heterocycles. The molecule has 3 rings (SSSR count). The number of hydrogen-bond donors (Lipinski definition) is 2. The van der Waals surface area contributed by atoms with Gasteiger partial charge < -0.3 is 15.4 Å². The summed E-state index contributed by atoms with van der Waals surface area (Å²) in [6.07, 6.45) is 1.98. The molecule has 0 spiro atoms. The highest BCUT2D eigenvalue weighted by atomic mass is 35.5. The molecule has 1 amide bonds. The Kier molecular flexibility index (Phi) is 5.39. The Morgan fingerprint density at radius 1 is 1.52 bits per heavy atom. The largest absolute Gasteiger partial charge is 0.494 e. The Morgan fingerprint density at radius 3 is 3.10 bits per heavy atom. The number of ether oxygens (including phenoxy) is 1. The minimum atomic E-state index is 0. The third-order valence-electron chi connectivity index (χ3n) is 3.50. The normalized spacial score (nSPS) is 18.0. The first-order chi connectivity index (χ1) is 9.78. The highest BCUT2D eigenvalue weighted by Crippen LogP contribution is 2.32. The molecular weight excluding hydrogens is 310 g/mol. The minimum absolute atomic E-state index is 0. The van der Waals surface area contributed by atoms with Gasteiger partial charge in [0.1, 0.15) is 11.3 Å². The summed E-state index contributed by atoms with van der Waals surface area (Å²) in [5, 5.41) is 6.81. The van der Waals surface area contributed by atoms with Gasteiger partial charge in [-0.05, 0) is 31.5 Å². The van der Waals surface area contributed by atoms with Crippen molar-refractivity contribution in [3.63, 3.8) is 0 Å². The van der Waals surface area contributed by atoms with E-state index in [1.54, 1.807) is 7.11 Å². The van der Waals surface area contributed by atoms with Crippen LogP contribution >= 0.6 is 23.7 Å². The van der Waals surface area contributed by atoms with Crippen LogP contribution in [0.25, 0.3) is 10.2 Å². The predicted octanol–water partition coefficient (Wildman–Crippen LogP) is 2.66. The highest BCUT2D eigenvalue weighted by molar-refractivity contribution is 7.22. The first kappa shape index (κ1) is 16.0. The molecule has 0 saturated carbocycles. The standard InChI is InChI=1S/C14H17N3O2S.ClH/c1-19-10-5-2-6-11-12(10)16-14(20-11)17-13(18)9-4-3-7-15-8-9;/h2,5-6,9,15H,3-4,7-8H2,1H3,(H,16,17,18);1H. The second kappa shape index (κ2) is 7.06. The third-order valence-corrected chi connectivity index (χ3v) is 4.44. The molecule has 1 fully saturated rings. The summed E-state index contributed by atoms with van der Waals surface area (Å²) in [7, 11) is 1.63. The fraction of sp³-hybridized carbons (Fsp3) is 0.429. The van der Waals surface area contributed by atoms with Crippen LogP contribution in [0.3, 0.4) is 0 Å². The van der Waals surface area contributed by atoms with Crippen molar-refractivity contribution in [1.29, 1.82) is 0 Å². The minimum Gasteiger partial charge on any atom is -0.494 e. The van der Waals surface area contributed by atoms with Crippen molar-refractivity contribution in [3.8, 4) is 5.75 Å². The predicted molar refractivity (Wildman–Crippen MR) is 87.6 cm³/mol. The molecule has 0 radical (unpaired) electrons. The molecule has 114 valence electrons. The van der Waals surface area contributed by atoms with E-state index in [1.165, 1.54) is 11.3 Å². The zero-order chi connectivity index (χ0) is 13.9. The van der Waals surface area contributed by atoms with E-state index in [4.69, 9.17) is 4.74 Å². The molecule has 2 aromatic rings. The van der Waals surface area contributed by atoms with E-state index in [-0.39, 0.29) is 24.2 Å². The van der Waals surface area contributed by atoms with Gasteiger partial charge in [-0.3, -0.25) is 4.79 Å². The number of para-hydroxylation sites is 1.